The lowest BCUT2D eigenvalue weighted by Gasteiger charge is -2.23. The van der Waals surface area contributed by atoms with Crippen LogP contribution >= 0.6 is 0 Å². The van der Waals surface area contributed by atoms with Crippen molar-refractivity contribution in [2.24, 2.45) is 0 Å². The molecule has 1 aromatic heterocycles. The third kappa shape index (κ3) is 3.87. The van der Waals surface area contributed by atoms with Gasteiger partial charge < -0.3 is 10.6 Å². The Morgan fingerprint density at radius 2 is 2.00 bits per heavy atom. The van der Waals surface area contributed by atoms with Crippen molar-refractivity contribution in [1.29, 1.82) is 0 Å². The summed E-state index contributed by atoms with van der Waals surface area (Å²) in [6.45, 7) is 0.646. The van der Waals surface area contributed by atoms with Gasteiger partial charge in [-0.05, 0) is 30.5 Å². The predicted octanol–water partition coefficient (Wildman–Crippen LogP) is 3.39. The first kappa shape index (κ1) is 14.6. The van der Waals surface area contributed by atoms with Gasteiger partial charge in [-0.25, -0.2) is 4.79 Å². The molecule has 116 valence electrons. The molecule has 1 fully saturated rings. The summed E-state index contributed by atoms with van der Waals surface area (Å²) in [5.41, 5.74) is 1.89. The fraction of sp³-hybridized carbons (Fsp3) is 0.412. The summed E-state index contributed by atoms with van der Waals surface area (Å²) in [6.07, 6.45) is 9.55. The molecule has 3 rings (SSSR count). The van der Waals surface area contributed by atoms with Crippen molar-refractivity contribution in [3.63, 3.8) is 0 Å². The van der Waals surface area contributed by atoms with Crippen molar-refractivity contribution < 1.29 is 4.79 Å². The van der Waals surface area contributed by atoms with E-state index in [-0.39, 0.29) is 6.03 Å². The molecule has 2 aromatic rings. The number of carbonyl (C=O) groups is 1. The van der Waals surface area contributed by atoms with Gasteiger partial charge in [0.15, 0.2) is 0 Å². The monoisotopic (exact) mass is 298 g/mol. The number of rotatable bonds is 4. The van der Waals surface area contributed by atoms with E-state index < -0.39 is 0 Å². The SMILES string of the molecule is O=C(Nc1ccccc1Cn1cccn1)NC1CCCCC1. The lowest BCUT2D eigenvalue weighted by Crippen LogP contribution is -2.39. The van der Waals surface area contributed by atoms with Crippen LogP contribution in [0.15, 0.2) is 42.7 Å². The van der Waals surface area contributed by atoms with E-state index in [4.69, 9.17) is 0 Å². The molecule has 5 heteroatoms. The minimum atomic E-state index is -0.111. The number of nitrogens with zero attached hydrogens (tertiary/aromatic N) is 2. The Labute approximate surface area is 130 Å². The molecule has 2 amide bonds. The fourth-order valence-electron chi connectivity index (χ4n) is 2.94. The van der Waals surface area contributed by atoms with Gasteiger partial charge in [-0.1, -0.05) is 37.5 Å². The fourth-order valence-corrected chi connectivity index (χ4v) is 2.94. The minimum Gasteiger partial charge on any atom is -0.335 e. The van der Waals surface area contributed by atoms with Gasteiger partial charge in [-0.15, -0.1) is 0 Å². The van der Waals surface area contributed by atoms with E-state index in [0.29, 0.717) is 12.6 Å². The van der Waals surface area contributed by atoms with Gasteiger partial charge in [-0.2, -0.15) is 5.10 Å². The van der Waals surface area contributed by atoms with Crippen LogP contribution in [0.2, 0.25) is 0 Å². The first-order valence-electron chi connectivity index (χ1n) is 7.94. The Hall–Kier alpha value is -2.30. The highest BCUT2D eigenvalue weighted by molar-refractivity contribution is 5.90. The van der Waals surface area contributed by atoms with E-state index in [1.165, 1.54) is 19.3 Å². The second-order valence-electron chi connectivity index (χ2n) is 5.79. The van der Waals surface area contributed by atoms with Crippen LogP contribution in [0.3, 0.4) is 0 Å². The van der Waals surface area contributed by atoms with E-state index >= 15 is 0 Å². The third-order valence-electron chi connectivity index (χ3n) is 4.10. The predicted molar refractivity (Wildman–Crippen MR) is 86.8 cm³/mol. The molecule has 1 aromatic carbocycles. The van der Waals surface area contributed by atoms with Gasteiger partial charge in [0.25, 0.3) is 0 Å². The second kappa shape index (κ2) is 7.11. The number of nitrogens with one attached hydrogen (secondary N) is 2. The first-order valence-corrected chi connectivity index (χ1v) is 7.94. The maximum atomic E-state index is 12.2. The molecule has 0 aliphatic heterocycles. The number of benzene rings is 1. The van der Waals surface area contributed by atoms with Gasteiger partial charge in [0.05, 0.1) is 6.54 Å². The normalized spacial score (nSPS) is 15.5. The summed E-state index contributed by atoms with van der Waals surface area (Å²) in [7, 11) is 0. The largest absolute Gasteiger partial charge is 0.335 e. The molecule has 0 saturated heterocycles. The zero-order valence-electron chi connectivity index (χ0n) is 12.7. The molecule has 2 N–H and O–H groups in total. The molecule has 0 spiro atoms. The van der Waals surface area contributed by atoms with Crippen LogP contribution in [0.25, 0.3) is 0 Å². The van der Waals surface area contributed by atoms with E-state index in [9.17, 15) is 4.79 Å². The third-order valence-corrected chi connectivity index (χ3v) is 4.10. The lowest BCUT2D eigenvalue weighted by atomic mass is 9.96. The zero-order chi connectivity index (χ0) is 15.2. The highest BCUT2D eigenvalue weighted by Gasteiger charge is 2.16. The molecule has 0 atom stereocenters. The average Bonchev–Trinajstić information content (AvgIpc) is 3.03. The summed E-state index contributed by atoms with van der Waals surface area (Å²) < 4.78 is 1.85. The van der Waals surface area contributed by atoms with E-state index in [1.54, 1.807) is 6.20 Å². The second-order valence-corrected chi connectivity index (χ2v) is 5.79. The van der Waals surface area contributed by atoms with Crippen molar-refractivity contribution in [3.05, 3.63) is 48.3 Å². The Balaban J connectivity index is 1.62. The van der Waals surface area contributed by atoms with Gasteiger partial charge in [0.2, 0.25) is 0 Å². The number of aromatic nitrogens is 2. The van der Waals surface area contributed by atoms with Gasteiger partial charge in [-0.3, -0.25) is 4.68 Å². The highest BCUT2D eigenvalue weighted by atomic mass is 16.2. The standard InChI is InChI=1S/C17H22N4O/c22-17(19-15-8-2-1-3-9-15)20-16-10-5-4-7-14(16)13-21-12-6-11-18-21/h4-7,10-12,15H,1-3,8-9,13H2,(H2,19,20,22). The molecule has 0 radical (unpaired) electrons. The smallest absolute Gasteiger partial charge is 0.319 e. The molecule has 5 nitrogen and oxygen atoms in total. The number of hydrogen-bond donors (Lipinski definition) is 2. The summed E-state index contributed by atoms with van der Waals surface area (Å²) in [4.78, 5) is 12.2. The Morgan fingerprint density at radius 3 is 2.77 bits per heavy atom. The molecule has 1 heterocycles. The molecule has 0 bridgehead atoms. The van der Waals surface area contributed by atoms with Gasteiger partial charge >= 0.3 is 6.03 Å². The number of hydrogen-bond acceptors (Lipinski definition) is 2. The maximum absolute atomic E-state index is 12.2. The Bertz CT molecular complexity index is 603. The Morgan fingerprint density at radius 1 is 1.18 bits per heavy atom. The molecule has 1 aliphatic carbocycles. The summed E-state index contributed by atoms with van der Waals surface area (Å²) in [6, 6.07) is 9.95. The van der Waals surface area contributed by atoms with Gasteiger partial charge in [0.1, 0.15) is 0 Å². The Kier molecular flexibility index (Phi) is 4.73. The molecule has 1 aliphatic rings. The number of anilines is 1. The summed E-state index contributed by atoms with van der Waals surface area (Å²) >= 11 is 0. The number of amides is 2. The van der Waals surface area contributed by atoms with Crippen LogP contribution in [0.1, 0.15) is 37.7 Å². The molecular formula is C17H22N4O. The van der Waals surface area contributed by atoms with Crippen LogP contribution in [-0.2, 0) is 6.54 Å². The minimum absolute atomic E-state index is 0.111. The number of para-hydroxylation sites is 1. The molecule has 22 heavy (non-hydrogen) atoms. The summed E-state index contributed by atoms with van der Waals surface area (Å²) in [5, 5.41) is 10.3. The topological polar surface area (TPSA) is 59.0 Å². The quantitative estimate of drug-likeness (QED) is 0.909. The maximum Gasteiger partial charge on any atom is 0.319 e. The van der Waals surface area contributed by atoms with Crippen LogP contribution in [-0.4, -0.2) is 21.9 Å². The zero-order valence-corrected chi connectivity index (χ0v) is 12.7. The van der Waals surface area contributed by atoms with Crippen molar-refractivity contribution in [2.45, 2.75) is 44.7 Å². The first-order chi connectivity index (χ1) is 10.8. The van der Waals surface area contributed by atoms with Crippen LogP contribution in [0, 0.1) is 0 Å². The van der Waals surface area contributed by atoms with Crippen molar-refractivity contribution in [1.82, 2.24) is 15.1 Å². The molecule has 1 saturated carbocycles. The highest BCUT2D eigenvalue weighted by Crippen LogP contribution is 2.19. The van der Waals surface area contributed by atoms with Crippen LogP contribution < -0.4 is 10.6 Å². The van der Waals surface area contributed by atoms with E-state index in [0.717, 1.165) is 24.1 Å². The van der Waals surface area contributed by atoms with Gasteiger partial charge in [0, 0.05) is 24.1 Å². The van der Waals surface area contributed by atoms with Crippen molar-refractivity contribution >= 4 is 11.7 Å². The van der Waals surface area contributed by atoms with E-state index in [2.05, 4.69) is 15.7 Å². The number of urea groups is 1. The van der Waals surface area contributed by atoms with Crippen LogP contribution in [0.4, 0.5) is 10.5 Å². The average molecular weight is 298 g/mol. The van der Waals surface area contributed by atoms with Crippen molar-refractivity contribution in [2.75, 3.05) is 5.32 Å². The molecule has 0 unspecified atom stereocenters. The number of carbonyl (C=O) groups excluding carboxylic acids is 1. The van der Waals surface area contributed by atoms with E-state index in [1.807, 2.05) is 41.2 Å². The van der Waals surface area contributed by atoms with Crippen LogP contribution in [0.5, 0.6) is 0 Å². The van der Waals surface area contributed by atoms with Crippen molar-refractivity contribution in [3.8, 4) is 0 Å². The molecular weight excluding hydrogens is 276 g/mol. The summed E-state index contributed by atoms with van der Waals surface area (Å²) in [5.74, 6) is 0. The lowest BCUT2D eigenvalue weighted by molar-refractivity contribution is 0.244.